The second-order valence-corrected chi connectivity index (χ2v) is 7.39. The molecular formula is C20H32O2. The highest BCUT2D eigenvalue weighted by Crippen LogP contribution is 2.24. The fourth-order valence-corrected chi connectivity index (χ4v) is 2.82. The molecule has 2 heteroatoms. The highest BCUT2D eigenvalue weighted by Gasteiger charge is 2.18. The Labute approximate surface area is 136 Å². The van der Waals surface area contributed by atoms with Gasteiger partial charge in [-0.15, -0.1) is 0 Å². The first-order valence-electron chi connectivity index (χ1n) is 8.47. The zero-order chi connectivity index (χ0) is 16.8. The van der Waals surface area contributed by atoms with Gasteiger partial charge in [-0.3, -0.25) is 4.79 Å². The zero-order valence-corrected chi connectivity index (χ0v) is 14.9. The molecule has 0 fully saturated rings. The van der Waals surface area contributed by atoms with Crippen molar-refractivity contribution in [1.82, 2.24) is 0 Å². The Morgan fingerprint density at radius 3 is 2.59 bits per heavy atom. The lowest BCUT2D eigenvalue weighted by Gasteiger charge is -2.22. The van der Waals surface area contributed by atoms with E-state index in [9.17, 15) is 9.90 Å². The summed E-state index contributed by atoms with van der Waals surface area (Å²) >= 11 is 0. The van der Waals surface area contributed by atoms with Gasteiger partial charge in [0.2, 0.25) is 0 Å². The maximum Gasteiger partial charge on any atom is 0.159 e. The molecule has 2 atom stereocenters. The van der Waals surface area contributed by atoms with Gasteiger partial charge in [0, 0.05) is 6.42 Å². The largest absolute Gasteiger partial charge is 0.386 e. The molecule has 1 aliphatic rings. The first-order chi connectivity index (χ1) is 10.2. The Morgan fingerprint density at radius 2 is 1.95 bits per heavy atom. The Balaban J connectivity index is 2.98. The molecule has 0 aromatic carbocycles. The smallest absolute Gasteiger partial charge is 0.159 e. The van der Waals surface area contributed by atoms with Crippen molar-refractivity contribution in [2.75, 3.05) is 0 Å². The highest BCUT2D eigenvalue weighted by atomic mass is 16.3. The lowest BCUT2D eigenvalue weighted by atomic mass is 9.87. The minimum absolute atomic E-state index is 0.187. The summed E-state index contributed by atoms with van der Waals surface area (Å²) in [6.07, 6.45) is 12.0. The quantitative estimate of drug-likeness (QED) is 0.693. The summed E-state index contributed by atoms with van der Waals surface area (Å²) in [4.78, 5) is 12.0. The van der Waals surface area contributed by atoms with E-state index >= 15 is 0 Å². The molecule has 0 spiro atoms. The number of rotatable bonds is 1. The van der Waals surface area contributed by atoms with Crippen LogP contribution in [0.25, 0.3) is 0 Å². The van der Waals surface area contributed by atoms with E-state index in [2.05, 4.69) is 26.0 Å². The monoisotopic (exact) mass is 304 g/mol. The topological polar surface area (TPSA) is 37.3 Å². The van der Waals surface area contributed by atoms with Gasteiger partial charge in [-0.25, -0.2) is 0 Å². The molecule has 2 nitrogen and oxygen atoms in total. The van der Waals surface area contributed by atoms with Crippen LogP contribution in [-0.4, -0.2) is 16.5 Å². The lowest BCUT2D eigenvalue weighted by molar-refractivity contribution is -0.114. The molecule has 1 aliphatic carbocycles. The van der Waals surface area contributed by atoms with Crippen LogP contribution in [0.2, 0.25) is 0 Å². The van der Waals surface area contributed by atoms with E-state index in [0.29, 0.717) is 24.7 Å². The van der Waals surface area contributed by atoms with Crippen molar-refractivity contribution in [3.05, 3.63) is 35.5 Å². The van der Waals surface area contributed by atoms with Crippen LogP contribution in [0.5, 0.6) is 0 Å². The molecule has 0 aromatic heterocycles. The van der Waals surface area contributed by atoms with E-state index in [1.54, 1.807) is 6.08 Å². The van der Waals surface area contributed by atoms with Crippen LogP contribution in [0.15, 0.2) is 35.5 Å². The molecule has 0 saturated carbocycles. The molecule has 0 aliphatic heterocycles. The summed E-state index contributed by atoms with van der Waals surface area (Å²) in [6.45, 7) is 10.3. The molecule has 22 heavy (non-hydrogen) atoms. The summed E-state index contributed by atoms with van der Waals surface area (Å²) in [5, 5.41) is 10.5. The first-order valence-corrected chi connectivity index (χ1v) is 8.47. The second kappa shape index (κ2) is 8.47. The SMILES string of the molecule is C/C1=C\C(=O)C/C(C)=C/CC[C@@](C)(O)/C=C\[C@H](C(C)C)CC1. The normalized spacial score (nSPS) is 35.2. The maximum atomic E-state index is 12.0. The lowest BCUT2D eigenvalue weighted by Crippen LogP contribution is -2.21. The predicted molar refractivity (Wildman–Crippen MR) is 93.7 cm³/mol. The summed E-state index contributed by atoms with van der Waals surface area (Å²) in [6, 6.07) is 0. The molecule has 0 unspecified atom stereocenters. The van der Waals surface area contributed by atoms with Crippen LogP contribution in [0.4, 0.5) is 0 Å². The van der Waals surface area contributed by atoms with E-state index < -0.39 is 5.60 Å². The average Bonchev–Trinajstić information content (AvgIpc) is 2.36. The Bertz CT molecular complexity index is 464. The molecule has 1 rings (SSSR count). The Hall–Kier alpha value is -1.15. The van der Waals surface area contributed by atoms with Gasteiger partial charge < -0.3 is 5.11 Å². The Morgan fingerprint density at radius 1 is 1.27 bits per heavy atom. The molecule has 0 saturated heterocycles. The number of carbonyl (C=O) groups is 1. The maximum absolute atomic E-state index is 12.0. The van der Waals surface area contributed by atoms with Gasteiger partial charge in [0.05, 0.1) is 5.60 Å². The van der Waals surface area contributed by atoms with Crippen molar-refractivity contribution < 1.29 is 9.90 Å². The van der Waals surface area contributed by atoms with Crippen molar-refractivity contribution in [1.29, 1.82) is 0 Å². The fourth-order valence-electron chi connectivity index (χ4n) is 2.82. The minimum atomic E-state index is -0.775. The zero-order valence-electron chi connectivity index (χ0n) is 14.9. The van der Waals surface area contributed by atoms with E-state index in [1.807, 2.05) is 26.8 Å². The van der Waals surface area contributed by atoms with E-state index in [4.69, 9.17) is 0 Å². The van der Waals surface area contributed by atoms with Crippen molar-refractivity contribution >= 4 is 5.78 Å². The molecule has 0 aromatic rings. The van der Waals surface area contributed by atoms with Crippen LogP contribution < -0.4 is 0 Å². The predicted octanol–water partition coefficient (Wildman–Crippen LogP) is 4.99. The summed E-state index contributed by atoms with van der Waals surface area (Å²) < 4.78 is 0. The second-order valence-electron chi connectivity index (χ2n) is 7.39. The van der Waals surface area contributed by atoms with E-state index in [-0.39, 0.29) is 5.78 Å². The summed E-state index contributed by atoms with van der Waals surface area (Å²) in [7, 11) is 0. The number of allylic oxidation sites excluding steroid dienone is 5. The van der Waals surface area contributed by atoms with Gasteiger partial charge in [0.25, 0.3) is 0 Å². The molecular weight excluding hydrogens is 272 g/mol. The number of aliphatic hydroxyl groups is 1. The van der Waals surface area contributed by atoms with Crippen molar-refractivity contribution in [3.63, 3.8) is 0 Å². The third-order valence-electron chi connectivity index (χ3n) is 4.43. The number of hydrogen-bond donors (Lipinski definition) is 1. The first kappa shape index (κ1) is 18.9. The van der Waals surface area contributed by atoms with Crippen LogP contribution in [0.3, 0.4) is 0 Å². The van der Waals surface area contributed by atoms with Gasteiger partial charge in [-0.05, 0) is 64.4 Å². The van der Waals surface area contributed by atoms with Crippen LogP contribution in [0.1, 0.15) is 66.7 Å². The van der Waals surface area contributed by atoms with Gasteiger partial charge in [0.1, 0.15) is 0 Å². The standard InChI is InChI=1S/C20H32O2/c1-15(2)18-9-8-17(4)14-19(21)13-16(3)7-6-11-20(5,22)12-10-18/h7,10,12,14-15,18,22H,6,8-9,11,13H2,1-5H3/b12-10-,16-7+,17-14+/t18-,20-/m1/s1. The third kappa shape index (κ3) is 7.22. The van der Waals surface area contributed by atoms with Crippen LogP contribution in [-0.2, 0) is 4.79 Å². The van der Waals surface area contributed by atoms with Crippen molar-refractivity contribution in [3.8, 4) is 0 Å². The van der Waals surface area contributed by atoms with E-state index in [0.717, 1.165) is 30.4 Å². The number of ketones is 1. The van der Waals surface area contributed by atoms with Gasteiger partial charge >= 0.3 is 0 Å². The highest BCUT2D eigenvalue weighted by molar-refractivity contribution is 5.91. The van der Waals surface area contributed by atoms with Gasteiger partial charge in [-0.1, -0.05) is 43.2 Å². The number of hydrogen-bond acceptors (Lipinski definition) is 2. The molecule has 0 bridgehead atoms. The molecule has 0 radical (unpaired) electrons. The molecule has 124 valence electrons. The van der Waals surface area contributed by atoms with E-state index in [1.165, 1.54) is 0 Å². The number of carbonyl (C=O) groups excluding carboxylic acids is 1. The van der Waals surface area contributed by atoms with Gasteiger partial charge in [-0.2, -0.15) is 0 Å². The average molecular weight is 304 g/mol. The van der Waals surface area contributed by atoms with Crippen LogP contribution >= 0.6 is 0 Å². The van der Waals surface area contributed by atoms with Crippen LogP contribution in [0, 0.1) is 11.8 Å². The molecule has 0 amide bonds. The van der Waals surface area contributed by atoms with Gasteiger partial charge in [0.15, 0.2) is 5.78 Å². The van der Waals surface area contributed by atoms with Crippen molar-refractivity contribution in [2.45, 2.75) is 72.3 Å². The van der Waals surface area contributed by atoms with Crippen molar-refractivity contribution in [2.24, 2.45) is 11.8 Å². The molecule has 0 heterocycles. The molecule has 1 N–H and O–H groups in total. The fraction of sp³-hybridized carbons (Fsp3) is 0.650. The third-order valence-corrected chi connectivity index (χ3v) is 4.43. The summed E-state index contributed by atoms with van der Waals surface area (Å²) in [5.41, 5.74) is 1.47. The Kier molecular flexibility index (Phi) is 7.28. The minimum Gasteiger partial charge on any atom is -0.386 e. The summed E-state index contributed by atoms with van der Waals surface area (Å²) in [5.74, 6) is 1.16.